The summed E-state index contributed by atoms with van der Waals surface area (Å²) in [6.07, 6.45) is 4.81. The van der Waals surface area contributed by atoms with Crippen LogP contribution in [0.15, 0.2) is 49.2 Å². The molecule has 21 heavy (non-hydrogen) atoms. The number of benzene rings is 1. The lowest BCUT2D eigenvalue weighted by Crippen LogP contribution is -2.24. The highest BCUT2D eigenvalue weighted by molar-refractivity contribution is 6.02. The van der Waals surface area contributed by atoms with E-state index in [1.165, 1.54) is 0 Å². The molecule has 0 saturated carbocycles. The van der Waals surface area contributed by atoms with Crippen molar-refractivity contribution in [1.29, 1.82) is 0 Å². The first-order valence-electron chi connectivity index (χ1n) is 7.33. The second-order valence-electron chi connectivity index (χ2n) is 5.06. The van der Waals surface area contributed by atoms with Gasteiger partial charge >= 0.3 is 0 Å². The summed E-state index contributed by atoms with van der Waals surface area (Å²) in [4.78, 5) is 12.5. The van der Waals surface area contributed by atoms with E-state index in [2.05, 4.69) is 29.6 Å². The summed E-state index contributed by atoms with van der Waals surface area (Å²) in [5.41, 5.74) is 3.83. The van der Waals surface area contributed by atoms with Crippen LogP contribution in [0.2, 0.25) is 0 Å². The normalized spacial score (nSPS) is 10.4. The summed E-state index contributed by atoms with van der Waals surface area (Å²) in [6, 6.07) is 10.0. The summed E-state index contributed by atoms with van der Waals surface area (Å²) in [6.45, 7) is 9.18. The Balaban J connectivity index is 2.49. The maximum Gasteiger partial charge on any atom is 0.253 e. The third-order valence-electron chi connectivity index (χ3n) is 3.53. The molecule has 0 bridgehead atoms. The minimum absolute atomic E-state index is 0.0406. The molecule has 1 N–H and O–H groups in total. The second-order valence-corrected chi connectivity index (χ2v) is 5.06. The Bertz CT molecular complexity index is 626. The summed E-state index contributed by atoms with van der Waals surface area (Å²) in [7, 11) is 0. The van der Waals surface area contributed by atoms with Crippen LogP contribution in [-0.2, 0) is 6.54 Å². The maximum absolute atomic E-state index is 12.5. The number of hydrogen-bond donors (Lipinski definition) is 1. The van der Waals surface area contributed by atoms with Gasteiger partial charge in [-0.2, -0.15) is 0 Å². The van der Waals surface area contributed by atoms with E-state index in [0.29, 0.717) is 6.54 Å². The molecule has 0 fully saturated rings. The molecule has 0 aliphatic rings. The summed E-state index contributed by atoms with van der Waals surface area (Å²) < 4.78 is 2.16. The first-order chi connectivity index (χ1) is 10.2. The monoisotopic (exact) mass is 282 g/mol. The lowest BCUT2D eigenvalue weighted by Gasteiger charge is -2.07. The quantitative estimate of drug-likeness (QED) is 0.804. The van der Waals surface area contributed by atoms with E-state index in [9.17, 15) is 4.79 Å². The molecule has 1 aromatic heterocycles. The van der Waals surface area contributed by atoms with E-state index in [4.69, 9.17) is 0 Å². The predicted octanol–water partition coefficient (Wildman–Crippen LogP) is 3.79. The highest BCUT2D eigenvalue weighted by Crippen LogP contribution is 2.28. The van der Waals surface area contributed by atoms with Gasteiger partial charge < -0.3 is 9.88 Å². The maximum atomic E-state index is 12.5. The van der Waals surface area contributed by atoms with E-state index < -0.39 is 0 Å². The van der Waals surface area contributed by atoms with Crippen molar-refractivity contribution in [2.24, 2.45) is 0 Å². The third-order valence-corrected chi connectivity index (χ3v) is 3.53. The van der Waals surface area contributed by atoms with Gasteiger partial charge in [-0.3, -0.25) is 4.79 Å². The fourth-order valence-corrected chi connectivity index (χ4v) is 2.51. The fraction of sp³-hybridized carbons (Fsp3) is 0.278. The van der Waals surface area contributed by atoms with Gasteiger partial charge in [0.1, 0.15) is 0 Å². The van der Waals surface area contributed by atoms with Crippen molar-refractivity contribution in [3.8, 4) is 11.1 Å². The molecule has 0 spiro atoms. The standard InChI is InChI=1S/C18H22N2O/c1-4-11-19-18(21)17-14(3)20(12-5-2)13-16(17)15-9-7-6-8-10-15/h4,6-10,13H,1,5,11-12H2,2-3H3,(H,19,21). The Morgan fingerprint density at radius 1 is 1.33 bits per heavy atom. The molecule has 0 atom stereocenters. The van der Waals surface area contributed by atoms with Gasteiger partial charge in [-0.05, 0) is 18.9 Å². The molecule has 1 amide bonds. The van der Waals surface area contributed by atoms with Crippen LogP contribution in [0.4, 0.5) is 0 Å². The van der Waals surface area contributed by atoms with Crippen molar-refractivity contribution in [3.63, 3.8) is 0 Å². The molecule has 0 aliphatic heterocycles. The Hall–Kier alpha value is -2.29. The number of aryl methyl sites for hydroxylation is 1. The molecule has 2 aromatic rings. The van der Waals surface area contributed by atoms with Crippen molar-refractivity contribution >= 4 is 5.91 Å². The van der Waals surface area contributed by atoms with Crippen LogP contribution in [0.25, 0.3) is 11.1 Å². The Morgan fingerprint density at radius 3 is 2.67 bits per heavy atom. The van der Waals surface area contributed by atoms with E-state index in [0.717, 1.165) is 35.3 Å². The molecule has 1 heterocycles. The molecular formula is C18H22N2O. The zero-order chi connectivity index (χ0) is 15.2. The Morgan fingerprint density at radius 2 is 2.05 bits per heavy atom. The molecule has 3 nitrogen and oxygen atoms in total. The van der Waals surface area contributed by atoms with E-state index in [-0.39, 0.29) is 5.91 Å². The van der Waals surface area contributed by atoms with E-state index in [1.807, 2.05) is 37.3 Å². The summed E-state index contributed by atoms with van der Waals surface area (Å²) in [5, 5.41) is 2.88. The Kier molecular flexibility index (Phi) is 4.99. The smallest absolute Gasteiger partial charge is 0.253 e. The Labute approximate surface area is 126 Å². The predicted molar refractivity (Wildman–Crippen MR) is 87.4 cm³/mol. The number of nitrogens with one attached hydrogen (secondary N) is 1. The molecule has 0 aliphatic carbocycles. The number of nitrogens with zero attached hydrogens (tertiary/aromatic N) is 1. The number of amides is 1. The van der Waals surface area contributed by atoms with E-state index >= 15 is 0 Å². The van der Waals surface area contributed by atoms with Gasteiger partial charge in [0.15, 0.2) is 0 Å². The average Bonchev–Trinajstić information content (AvgIpc) is 2.83. The van der Waals surface area contributed by atoms with Crippen LogP contribution in [0, 0.1) is 6.92 Å². The number of rotatable bonds is 6. The largest absolute Gasteiger partial charge is 0.350 e. The zero-order valence-electron chi connectivity index (χ0n) is 12.7. The zero-order valence-corrected chi connectivity index (χ0v) is 12.7. The van der Waals surface area contributed by atoms with Gasteiger partial charge in [-0.25, -0.2) is 0 Å². The molecule has 2 rings (SSSR count). The molecule has 0 radical (unpaired) electrons. The van der Waals surface area contributed by atoms with Crippen molar-refractivity contribution in [1.82, 2.24) is 9.88 Å². The van der Waals surface area contributed by atoms with Gasteiger partial charge in [0.05, 0.1) is 5.56 Å². The van der Waals surface area contributed by atoms with Crippen LogP contribution >= 0.6 is 0 Å². The minimum atomic E-state index is -0.0406. The molecule has 0 saturated heterocycles. The van der Waals surface area contributed by atoms with Crippen LogP contribution in [-0.4, -0.2) is 17.0 Å². The fourth-order valence-electron chi connectivity index (χ4n) is 2.51. The third kappa shape index (κ3) is 3.24. The first-order valence-corrected chi connectivity index (χ1v) is 7.33. The van der Waals surface area contributed by atoms with Crippen LogP contribution < -0.4 is 5.32 Å². The summed E-state index contributed by atoms with van der Waals surface area (Å²) in [5.74, 6) is -0.0406. The van der Waals surface area contributed by atoms with Crippen LogP contribution in [0.5, 0.6) is 0 Å². The van der Waals surface area contributed by atoms with Crippen LogP contribution in [0.3, 0.4) is 0 Å². The lowest BCUT2D eigenvalue weighted by molar-refractivity contribution is 0.0958. The number of carbonyl (C=O) groups is 1. The lowest BCUT2D eigenvalue weighted by atomic mass is 10.0. The van der Waals surface area contributed by atoms with Crippen LogP contribution in [0.1, 0.15) is 29.4 Å². The topological polar surface area (TPSA) is 34.0 Å². The van der Waals surface area contributed by atoms with Gasteiger partial charge in [-0.1, -0.05) is 43.3 Å². The SMILES string of the molecule is C=CCNC(=O)c1c(-c2ccccc2)cn(CCC)c1C. The van der Waals surface area contributed by atoms with Crippen molar-refractivity contribution in [2.45, 2.75) is 26.8 Å². The van der Waals surface area contributed by atoms with Crippen molar-refractivity contribution < 1.29 is 4.79 Å². The molecular weight excluding hydrogens is 260 g/mol. The highest BCUT2D eigenvalue weighted by Gasteiger charge is 2.19. The first kappa shape index (κ1) is 15.1. The number of hydrogen-bond acceptors (Lipinski definition) is 1. The molecule has 110 valence electrons. The second kappa shape index (κ2) is 6.93. The van der Waals surface area contributed by atoms with E-state index in [1.54, 1.807) is 6.08 Å². The van der Waals surface area contributed by atoms with Gasteiger partial charge in [0.2, 0.25) is 0 Å². The number of aromatic nitrogens is 1. The molecule has 0 unspecified atom stereocenters. The summed E-state index contributed by atoms with van der Waals surface area (Å²) >= 11 is 0. The van der Waals surface area contributed by atoms with Crippen molar-refractivity contribution in [2.75, 3.05) is 6.54 Å². The van der Waals surface area contributed by atoms with Gasteiger partial charge in [0.25, 0.3) is 5.91 Å². The average molecular weight is 282 g/mol. The minimum Gasteiger partial charge on any atom is -0.350 e. The number of carbonyl (C=O) groups excluding carboxylic acids is 1. The highest BCUT2D eigenvalue weighted by atomic mass is 16.1. The van der Waals surface area contributed by atoms with Crippen molar-refractivity contribution in [3.05, 3.63) is 60.4 Å². The molecule has 1 aromatic carbocycles. The van der Waals surface area contributed by atoms with Gasteiger partial charge in [-0.15, -0.1) is 6.58 Å². The molecule has 3 heteroatoms. The van der Waals surface area contributed by atoms with Gasteiger partial charge in [0, 0.05) is 30.5 Å².